The largest absolute Gasteiger partial charge is 0.388 e. The van der Waals surface area contributed by atoms with E-state index >= 15 is 0 Å². The van der Waals surface area contributed by atoms with Crippen LogP contribution in [0.15, 0.2) is 30.6 Å². The molecule has 0 radical (unpaired) electrons. The van der Waals surface area contributed by atoms with Crippen molar-refractivity contribution >= 4 is 5.91 Å². The molecule has 104 valence electrons. The maximum absolute atomic E-state index is 12.3. The van der Waals surface area contributed by atoms with Gasteiger partial charge in [0.1, 0.15) is 6.33 Å². The Hall–Kier alpha value is -2.28. The summed E-state index contributed by atoms with van der Waals surface area (Å²) in [5.41, 5.74) is 0.613. The second-order valence-electron chi connectivity index (χ2n) is 5.27. The fourth-order valence-electron chi connectivity index (χ4n) is 2.34. The zero-order valence-electron chi connectivity index (χ0n) is 11.1. The second-order valence-corrected chi connectivity index (χ2v) is 5.27. The van der Waals surface area contributed by atoms with Crippen molar-refractivity contribution < 1.29 is 9.90 Å². The number of hydrogen-bond acceptors (Lipinski definition) is 5. The predicted molar refractivity (Wildman–Crippen MR) is 70.3 cm³/mol. The van der Waals surface area contributed by atoms with E-state index in [0.717, 1.165) is 5.69 Å². The van der Waals surface area contributed by atoms with Crippen LogP contribution in [0, 0.1) is 0 Å². The summed E-state index contributed by atoms with van der Waals surface area (Å²) >= 11 is 0. The predicted octanol–water partition coefficient (Wildman–Crippen LogP) is 0.259. The first-order chi connectivity index (χ1) is 9.55. The van der Waals surface area contributed by atoms with Crippen LogP contribution in [0.2, 0.25) is 0 Å². The Balaban J connectivity index is 1.76. The van der Waals surface area contributed by atoms with Crippen LogP contribution in [-0.2, 0) is 0 Å². The number of aliphatic hydroxyl groups is 1. The standard InChI is InChI=1S/C13H15N5O2/c1-13(20)6-7-17(8-13)12(19)10-2-4-11(5-3-10)18-9-14-15-16-18/h2-5,9,20H,6-8H2,1H3. The van der Waals surface area contributed by atoms with Gasteiger partial charge in [0.15, 0.2) is 0 Å². The summed E-state index contributed by atoms with van der Waals surface area (Å²) in [6, 6.07) is 7.06. The van der Waals surface area contributed by atoms with E-state index in [9.17, 15) is 9.90 Å². The van der Waals surface area contributed by atoms with Crippen molar-refractivity contribution in [1.82, 2.24) is 25.1 Å². The van der Waals surface area contributed by atoms with Crippen LogP contribution in [0.4, 0.5) is 0 Å². The van der Waals surface area contributed by atoms with Crippen LogP contribution in [0.3, 0.4) is 0 Å². The second kappa shape index (κ2) is 4.68. The summed E-state index contributed by atoms with van der Waals surface area (Å²) in [6.07, 6.45) is 2.11. The molecule has 0 saturated carbocycles. The summed E-state index contributed by atoms with van der Waals surface area (Å²) in [5, 5.41) is 20.8. The summed E-state index contributed by atoms with van der Waals surface area (Å²) in [5.74, 6) is -0.0639. The highest BCUT2D eigenvalue weighted by Gasteiger charge is 2.34. The fourth-order valence-corrected chi connectivity index (χ4v) is 2.34. The van der Waals surface area contributed by atoms with Crippen molar-refractivity contribution in [2.45, 2.75) is 18.9 Å². The molecule has 1 aromatic carbocycles. The zero-order valence-corrected chi connectivity index (χ0v) is 11.1. The topological polar surface area (TPSA) is 84.1 Å². The van der Waals surface area contributed by atoms with Crippen molar-refractivity contribution in [1.29, 1.82) is 0 Å². The van der Waals surface area contributed by atoms with E-state index in [0.29, 0.717) is 25.1 Å². The maximum atomic E-state index is 12.3. The molecule has 1 unspecified atom stereocenters. The molecule has 1 N–H and O–H groups in total. The molecule has 0 spiro atoms. The SMILES string of the molecule is CC1(O)CCN(C(=O)c2ccc(-n3cnnn3)cc2)C1. The number of tetrazole rings is 1. The molecular weight excluding hydrogens is 258 g/mol. The van der Waals surface area contributed by atoms with Gasteiger partial charge in [-0.05, 0) is 48.0 Å². The molecule has 2 heterocycles. The lowest BCUT2D eigenvalue weighted by Gasteiger charge is -2.19. The third-order valence-electron chi connectivity index (χ3n) is 3.47. The molecule has 1 atom stereocenters. The highest BCUT2D eigenvalue weighted by molar-refractivity contribution is 5.94. The molecule has 1 aromatic heterocycles. The minimum atomic E-state index is -0.776. The molecule has 1 aliphatic rings. The Morgan fingerprint density at radius 2 is 2.10 bits per heavy atom. The molecule has 7 nitrogen and oxygen atoms in total. The Bertz CT molecular complexity index is 606. The molecule has 1 fully saturated rings. The van der Waals surface area contributed by atoms with E-state index < -0.39 is 5.60 Å². The lowest BCUT2D eigenvalue weighted by atomic mass is 10.1. The molecule has 7 heteroatoms. The minimum absolute atomic E-state index is 0.0639. The average Bonchev–Trinajstić information content (AvgIpc) is 3.07. The van der Waals surface area contributed by atoms with E-state index in [1.165, 1.54) is 11.0 Å². The molecule has 1 aliphatic heterocycles. The number of aromatic nitrogens is 4. The van der Waals surface area contributed by atoms with Gasteiger partial charge in [0, 0.05) is 18.7 Å². The fraction of sp³-hybridized carbons (Fsp3) is 0.385. The molecule has 3 rings (SSSR count). The Kier molecular flexibility index (Phi) is 2.98. The zero-order chi connectivity index (χ0) is 14.2. The number of likely N-dealkylation sites (tertiary alicyclic amines) is 1. The van der Waals surface area contributed by atoms with E-state index in [1.54, 1.807) is 36.1 Å². The van der Waals surface area contributed by atoms with E-state index in [4.69, 9.17) is 0 Å². The summed E-state index contributed by atoms with van der Waals surface area (Å²) in [6.45, 7) is 2.71. The highest BCUT2D eigenvalue weighted by atomic mass is 16.3. The highest BCUT2D eigenvalue weighted by Crippen LogP contribution is 2.22. The molecule has 0 bridgehead atoms. The van der Waals surface area contributed by atoms with Crippen molar-refractivity contribution in [2.24, 2.45) is 0 Å². The van der Waals surface area contributed by atoms with Gasteiger partial charge in [0.05, 0.1) is 11.3 Å². The third kappa shape index (κ3) is 2.39. The quantitative estimate of drug-likeness (QED) is 0.848. The maximum Gasteiger partial charge on any atom is 0.253 e. The van der Waals surface area contributed by atoms with Crippen molar-refractivity contribution in [3.8, 4) is 5.69 Å². The lowest BCUT2D eigenvalue weighted by molar-refractivity contribution is 0.0572. The van der Waals surface area contributed by atoms with Crippen LogP contribution in [0.5, 0.6) is 0 Å². The van der Waals surface area contributed by atoms with E-state index in [1.807, 2.05) is 0 Å². The van der Waals surface area contributed by atoms with Crippen LogP contribution in [0.25, 0.3) is 5.69 Å². The summed E-state index contributed by atoms with van der Waals surface area (Å²) in [4.78, 5) is 14.0. The number of amides is 1. The minimum Gasteiger partial charge on any atom is -0.388 e. The van der Waals surface area contributed by atoms with Gasteiger partial charge >= 0.3 is 0 Å². The van der Waals surface area contributed by atoms with Gasteiger partial charge in [0.2, 0.25) is 0 Å². The number of carbonyl (C=O) groups is 1. The van der Waals surface area contributed by atoms with Gasteiger partial charge < -0.3 is 10.0 Å². The van der Waals surface area contributed by atoms with Crippen LogP contribution >= 0.6 is 0 Å². The number of β-amino-alcohol motifs (C(OH)–C–C–N with tert-alkyl or cyclic N) is 1. The monoisotopic (exact) mass is 273 g/mol. The van der Waals surface area contributed by atoms with Crippen molar-refractivity contribution in [3.63, 3.8) is 0 Å². The van der Waals surface area contributed by atoms with E-state index in [2.05, 4.69) is 15.5 Å². The number of hydrogen-bond donors (Lipinski definition) is 1. The van der Waals surface area contributed by atoms with Crippen molar-refractivity contribution in [2.75, 3.05) is 13.1 Å². The van der Waals surface area contributed by atoms with Gasteiger partial charge in [-0.2, -0.15) is 0 Å². The summed E-state index contributed by atoms with van der Waals surface area (Å²) < 4.78 is 1.52. The Labute approximate surface area is 115 Å². The first kappa shape index (κ1) is 12.7. The molecular formula is C13H15N5O2. The van der Waals surface area contributed by atoms with Gasteiger partial charge in [-0.15, -0.1) is 5.10 Å². The third-order valence-corrected chi connectivity index (χ3v) is 3.47. The lowest BCUT2D eigenvalue weighted by Crippen LogP contribution is -2.33. The molecule has 20 heavy (non-hydrogen) atoms. The molecule has 0 aliphatic carbocycles. The van der Waals surface area contributed by atoms with Gasteiger partial charge in [-0.1, -0.05) is 0 Å². The number of rotatable bonds is 2. The number of benzene rings is 1. The molecule has 2 aromatic rings. The Morgan fingerprint density at radius 3 is 2.65 bits per heavy atom. The Morgan fingerprint density at radius 1 is 1.35 bits per heavy atom. The first-order valence-corrected chi connectivity index (χ1v) is 6.40. The molecule has 1 amide bonds. The van der Waals surface area contributed by atoms with Gasteiger partial charge in [0.25, 0.3) is 5.91 Å². The smallest absolute Gasteiger partial charge is 0.253 e. The molecule has 1 saturated heterocycles. The number of nitrogens with zero attached hydrogens (tertiary/aromatic N) is 5. The van der Waals surface area contributed by atoms with Crippen LogP contribution in [-0.4, -0.2) is 54.8 Å². The normalized spacial score (nSPS) is 22.2. The van der Waals surface area contributed by atoms with Gasteiger partial charge in [-0.25, -0.2) is 4.68 Å². The number of carbonyl (C=O) groups excluding carboxylic acids is 1. The van der Waals surface area contributed by atoms with Crippen LogP contribution in [0.1, 0.15) is 23.7 Å². The van der Waals surface area contributed by atoms with Crippen LogP contribution < -0.4 is 0 Å². The summed E-state index contributed by atoms with van der Waals surface area (Å²) in [7, 11) is 0. The van der Waals surface area contributed by atoms with E-state index in [-0.39, 0.29) is 5.91 Å². The van der Waals surface area contributed by atoms with Gasteiger partial charge in [-0.3, -0.25) is 4.79 Å². The first-order valence-electron chi connectivity index (χ1n) is 6.40. The van der Waals surface area contributed by atoms with Crippen molar-refractivity contribution in [3.05, 3.63) is 36.2 Å². The average molecular weight is 273 g/mol.